The largest absolute Gasteiger partial charge is 0.444 e. The number of amides is 1. The lowest BCUT2D eigenvalue weighted by molar-refractivity contribution is -0.120. The van der Waals surface area contributed by atoms with E-state index >= 15 is 0 Å². The SMILES string of the molecule is CC(C)(C)OC(=O)N1CCC2C(C1)C(=O)CN2Cc1ccccc1. The van der Waals surface area contributed by atoms with Crippen molar-refractivity contribution >= 4 is 11.9 Å². The third-order valence-electron chi connectivity index (χ3n) is 4.70. The standard InChI is InChI=1S/C19H26N2O3/c1-19(2,3)24-18(23)20-10-9-16-15(12-20)17(22)13-21(16)11-14-7-5-4-6-8-14/h4-8,15-16H,9-13H2,1-3H3. The Morgan fingerprint density at radius 3 is 2.62 bits per heavy atom. The lowest BCUT2D eigenvalue weighted by Crippen LogP contribution is -2.50. The van der Waals surface area contributed by atoms with Gasteiger partial charge in [0.2, 0.25) is 0 Å². The van der Waals surface area contributed by atoms with Gasteiger partial charge in [0.1, 0.15) is 5.60 Å². The van der Waals surface area contributed by atoms with Crippen LogP contribution in [0.3, 0.4) is 0 Å². The Balaban J connectivity index is 1.64. The number of nitrogens with zero attached hydrogens (tertiary/aromatic N) is 2. The molecule has 5 heteroatoms. The van der Waals surface area contributed by atoms with Crippen molar-refractivity contribution in [1.29, 1.82) is 0 Å². The molecule has 0 saturated carbocycles. The van der Waals surface area contributed by atoms with Crippen LogP contribution in [0.4, 0.5) is 4.79 Å². The third kappa shape index (κ3) is 3.78. The Labute approximate surface area is 143 Å². The van der Waals surface area contributed by atoms with Gasteiger partial charge in [-0.15, -0.1) is 0 Å². The zero-order valence-corrected chi connectivity index (χ0v) is 14.7. The van der Waals surface area contributed by atoms with Crippen molar-refractivity contribution in [3.8, 4) is 0 Å². The highest BCUT2D eigenvalue weighted by Crippen LogP contribution is 2.31. The minimum atomic E-state index is -0.507. The summed E-state index contributed by atoms with van der Waals surface area (Å²) in [6, 6.07) is 10.5. The molecule has 1 aromatic carbocycles. The average molecular weight is 330 g/mol. The van der Waals surface area contributed by atoms with Crippen molar-refractivity contribution in [2.75, 3.05) is 19.6 Å². The summed E-state index contributed by atoms with van der Waals surface area (Å²) >= 11 is 0. The fourth-order valence-corrected chi connectivity index (χ4v) is 3.61. The van der Waals surface area contributed by atoms with E-state index in [4.69, 9.17) is 4.74 Å². The van der Waals surface area contributed by atoms with Crippen molar-refractivity contribution in [2.45, 2.75) is 45.4 Å². The van der Waals surface area contributed by atoms with Gasteiger partial charge in [-0.05, 0) is 32.8 Å². The van der Waals surface area contributed by atoms with Crippen molar-refractivity contribution in [2.24, 2.45) is 5.92 Å². The number of carbonyl (C=O) groups is 2. The van der Waals surface area contributed by atoms with Crippen molar-refractivity contribution in [1.82, 2.24) is 9.80 Å². The Hall–Kier alpha value is -1.88. The maximum Gasteiger partial charge on any atom is 0.410 e. The number of likely N-dealkylation sites (tertiary alicyclic amines) is 2. The fraction of sp³-hybridized carbons (Fsp3) is 0.579. The minimum Gasteiger partial charge on any atom is -0.444 e. The molecule has 0 aliphatic carbocycles. The van der Waals surface area contributed by atoms with Crippen LogP contribution >= 0.6 is 0 Å². The van der Waals surface area contributed by atoms with Crippen LogP contribution in [-0.4, -0.2) is 53.0 Å². The molecule has 2 heterocycles. The third-order valence-corrected chi connectivity index (χ3v) is 4.70. The molecule has 0 bridgehead atoms. The number of hydrogen-bond acceptors (Lipinski definition) is 4. The summed E-state index contributed by atoms with van der Waals surface area (Å²) < 4.78 is 5.45. The highest BCUT2D eigenvalue weighted by atomic mass is 16.6. The molecule has 2 fully saturated rings. The highest BCUT2D eigenvalue weighted by Gasteiger charge is 2.45. The Morgan fingerprint density at radius 1 is 1.25 bits per heavy atom. The first-order valence-electron chi connectivity index (χ1n) is 8.62. The molecule has 0 N–H and O–H groups in total. The molecule has 5 nitrogen and oxygen atoms in total. The van der Waals surface area contributed by atoms with Crippen LogP contribution in [0, 0.1) is 5.92 Å². The van der Waals surface area contributed by atoms with Gasteiger partial charge in [0.05, 0.1) is 12.5 Å². The van der Waals surface area contributed by atoms with E-state index in [2.05, 4.69) is 17.0 Å². The van der Waals surface area contributed by atoms with Crippen LogP contribution in [0.25, 0.3) is 0 Å². The zero-order chi connectivity index (χ0) is 17.3. The first-order chi connectivity index (χ1) is 11.3. The zero-order valence-electron chi connectivity index (χ0n) is 14.7. The molecular weight excluding hydrogens is 304 g/mol. The quantitative estimate of drug-likeness (QED) is 0.836. The van der Waals surface area contributed by atoms with Gasteiger partial charge in [-0.2, -0.15) is 0 Å². The van der Waals surface area contributed by atoms with Gasteiger partial charge < -0.3 is 9.64 Å². The molecule has 0 radical (unpaired) electrons. The summed E-state index contributed by atoms with van der Waals surface area (Å²) in [5.41, 5.74) is 0.716. The molecular formula is C19H26N2O3. The number of benzene rings is 1. The number of fused-ring (bicyclic) bond motifs is 1. The van der Waals surface area contributed by atoms with E-state index in [1.54, 1.807) is 4.90 Å². The van der Waals surface area contributed by atoms with Crippen molar-refractivity contribution in [3.05, 3.63) is 35.9 Å². The number of rotatable bonds is 2. The molecule has 1 amide bonds. The van der Waals surface area contributed by atoms with E-state index in [0.717, 1.165) is 13.0 Å². The van der Waals surface area contributed by atoms with Crippen LogP contribution in [0.5, 0.6) is 0 Å². The number of piperidine rings is 1. The first-order valence-corrected chi connectivity index (χ1v) is 8.62. The normalized spacial score (nSPS) is 24.8. The van der Waals surface area contributed by atoms with Gasteiger partial charge in [0, 0.05) is 25.7 Å². The van der Waals surface area contributed by atoms with Crippen LogP contribution in [0.15, 0.2) is 30.3 Å². The highest BCUT2D eigenvalue weighted by molar-refractivity contribution is 5.87. The number of ketones is 1. The Bertz CT molecular complexity index is 609. The number of hydrogen-bond donors (Lipinski definition) is 0. The topological polar surface area (TPSA) is 49.9 Å². The van der Waals surface area contributed by atoms with Crippen LogP contribution in [0.1, 0.15) is 32.8 Å². The van der Waals surface area contributed by atoms with E-state index in [9.17, 15) is 9.59 Å². The summed E-state index contributed by atoms with van der Waals surface area (Å²) in [4.78, 5) is 28.7. The first kappa shape index (κ1) is 17.0. The summed E-state index contributed by atoms with van der Waals surface area (Å²) in [5, 5.41) is 0. The molecule has 2 aliphatic rings. The van der Waals surface area contributed by atoms with E-state index in [1.165, 1.54) is 5.56 Å². The summed E-state index contributed by atoms with van der Waals surface area (Å²) in [6.45, 7) is 7.98. The molecule has 0 aromatic heterocycles. The average Bonchev–Trinajstić information content (AvgIpc) is 2.82. The number of carbonyl (C=O) groups excluding carboxylic acids is 2. The monoisotopic (exact) mass is 330 g/mol. The van der Waals surface area contributed by atoms with E-state index in [1.807, 2.05) is 39.0 Å². The van der Waals surface area contributed by atoms with Crippen LogP contribution < -0.4 is 0 Å². The molecule has 2 aliphatic heterocycles. The Morgan fingerprint density at radius 2 is 1.96 bits per heavy atom. The van der Waals surface area contributed by atoms with E-state index in [0.29, 0.717) is 19.6 Å². The smallest absolute Gasteiger partial charge is 0.410 e. The second kappa shape index (κ2) is 6.55. The van der Waals surface area contributed by atoms with Gasteiger partial charge >= 0.3 is 6.09 Å². The fourth-order valence-electron chi connectivity index (χ4n) is 3.61. The van der Waals surface area contributed by atoms with E-state index in [-0.39, 0.29) is 23.8 Å². The van der Waals surface area contributed by atoms with Gasteiger partial charge in [-0.25, -0.2) is 4.79 Å². The molecule has 2 unspecified atom stereocenters. The molecule has 2 atom stereocenters. The van der Waals surface area contributed by atoms with Crippen LogP contribution in [-0.2, 0) is 16.1 Å². The second-order valence-corrected chi connectivity index (χ2v) is 7.75. The number of ether oxygens (including phenoxy) is 1. The van der Waals surface area contributed by atoms with Gasteiger partial charge in [0.25, 0.3) is 0 Å². The molecule has 24 heavy (non-hydrogen) atoms. The molecule has 2 saturated heterocycles. The summed E-state index contributed by atoms with van der Waals surface area (Å²) in [7, 11) is 0. The van der Waals surface area contributed by atoms with E-state index < -0.39 is 5.60 Å². The van der Waals surface area contributed by atoms with Crippen LogP contribution in [0.2, 0.25) is 0 Å². The molecule has 0 spiro atoms. The number of Topliss-reactive ketones (excluding diaryl/α,β-unsaturated/α-hetero) is 1. The van der Waals surface area contributed by atoms with Gasteiger partial charge in [0.15, 0.2) is 5.78 Å². The summed E-state index contributed by atoms with van der Waals surface area (Å²) in [5.74, 6) is 0.152. The predicted molar refractivity (Wildman–Crippen MR) is 91.6 cm³/mol. The molecule has 130 valence electrons. The molecule has 1 aromatic rings. The maximum atomic E-state index is 12.4. The lowest BCUT2D eigenvalue weighted by atomic mass is 9.92. The predicted octanol–water partition coefficient (Wildman–Crippen LogP) is 2.70. The van der Waals surface area contributed by atoms with Gasteiger partial charge in [-0.1, -0.05) is 30.3 Å². The van der Waals surface area contributed by atoms with Crippen molar-refractivity contribution < 1.29 is 14.3 Å². The van der Waals surface area contributed by atoms with Gasteiger partial charge in [-0.3, -0.25) is 9.69 Å². The second-order valence-electron chi connectivity index (χ2n) is 7.75. The maximum absolute atomic E-state index is 12.4. The minimum absolute atomic E-state index is 0.0880. The summed E-state index contributed by atoms with van der Waals surface area (Å²) in [6.07, 6.45) is 0.512. The Kier molecular flexibility index (Phi) is 4.63. The molecule has 3 rings (SSSR count). The lowest BCUT2D eigenvalue weighted by Gasteiger charge is -2.37. The van der Waals surface area contributed by atoms with Crippen molar-refractivity contribution in [3.63, 3.8) is 0 Å².